The van der Waals surface area contributed by atoms with Crippen molar-refractivity contribution in [1.82, 2.24) is 0 Å². The molecule has 13 heavy (non-hydrogen) atoms. The summed E-state index contributed by atoms with van der Waals surface area (Å²) in [6.07, 6.45) is 2.92. The molecular formula is C9H14N2O2. The Hall–Kier alpha value is -1.37. The second-order valence-corrected chi connectivity index (χ2v) is 2.62. The zero-order chi connectivity index (χ0) is 10.1. The molecule has 0 spiro atoms. The van der Waals surface area contributed by atoms with E-state index in [9.17, 15) is 4.79 Å². The van der Waals surface area contributed by atoms with E-state index < -0.39 is 12.0 Å². The van der Waals surface area contributed by atoms with Crippen LogP contribution in [0.25, 0.3) is 0 Å². The maximum Gasteiger partial charge on any atom is 0.330 e. The Morgan fingerprint density at radius 2 is 2.31 bits per heavy atom. The zero-order valence-electron chi connectivity index (χ0n) is 7.95. The minimum atomic E-state index is -0.987. The Morgan fingerprint density at radius 3 is 2.85 bits per heavy atom. The number of rotatable bonds is 4. The smallest absolute Gasteiger partial charge is 0.330 e. The number of azo groups is 1. The van der Waals surface area contributed by atoms with Crippen LogP contribution in [0.3, 0.4) is 0 Å². The third-order valence-electron chi connectivity index (χ3n) is 1.37. The van der Waals surface area contributed by atoms with Gasteiger partial charge >= 0.3 is 5.97 Å². The van der Waals surface area contributed by atoms with Crippen molar-refractivity contribution in [3.63, 3.8) is 0 Å². The van der Waals surface area contributed by atoms with Crippen LogP contribution >= 0.6 is 0 Å². The maximum absolute atomic E-state index is 10.3. The Balaban J connectivity index is 3.71. The molecule has 4 heteroatoms. The van der Waals surface area contributed by atoms with Crippen molar-refractivity contribution < 1.29 is 9.90 Å². The predicted molar refractivity (Wildman–Crippen MR) is 49.3 cm³/mol. The molecule has 0 amide bonds. The summed E-state index contributed by atoms with van der Waals surface area (Å²) in [5.74, 6) is 1.79. The Kier molecular flexibility index (Phi) is 6.52. The number of hydrogen-bond acceptors (Lipinski definition) is 3. The molecule has 0 aromatic carbocycles. The molecule has 0 aromatic heterocycles. The monoisotopic (exact) mass is 182 g/mol. The van der Waals surface area contributed by atoms with Gasteiger partial charge in [-0.1, -0.05) is 19.3 Å². The van der Waals surface area contributed by atoms with Crippen molar-refractivity contribution in [3.8, 4) is 12.0 Å². The van der Waals surface area contributed by atoms with Crippen molar-refractivity contribution in [1.29, 1.82) is 0 Å². The largest absolute Gasteiger partial charge is 0.480 e. The van der Waals surface area contributed by atoms with Crippen molar-refractivity contribution in [2.24, 2.45) is 10.2 Å². The molecule has 0 aliphatic heterocycles. The molecular weight excluding hydrogens is 168 g/mol. The number of carboxylic acid groups (broad SMARTS) is 1. The van der Waals surface area contributed by atoms with Crippen molar-refractivity contribution >= 4 is 5.97 Å². The van der Waals surface area contributed by atoms with E-state index >= 15 is 0 Å². The maximum atomic E-state index is 10.3. The predicted octanol–water partition coefficient (Wildman–Crippen LogP) is 2.06. The highest BCUT2D eigenvalue weighted by molar-refractivity contribution is 5.72. The summed E-state index contributed by atoms with van der Waals surface area (Å²) >= 11 is 0. The van der Waals surface area contributed by atoms with Gasteiger partial charge in [0.25, 0.3) is 0 Å². The molecule has 0 aliphatic rings. The molecule has 0 bridgehead atoms. The number of unbranched alkanes of at least 4 members (excludes halogenated alkanes) is 2. The Bertz CT molecular complexity index is 238. The fraction of sp³-hybridized carbons (Fsp3) is 0.667. The third kappa shape index (κ3) is 7.01. The molecule has 0 saturated heterocycles. The van der Waals surface area contributed by atoms with E-state index in [2.05, 4.69) is 29.1 Å². The van der Waals surface area contributed by atoms with E-state index in [0.717, 1.165) is 19.3 Å². The molecule has 4 nitrogen and oxygen atoms in total. The van der Waals surface area contributed by atoms with E-state index in [1.807, 2.05) is 0 Å². The van der Waals surface area contributed by atoms with E-state index in [1.165, 1.54) is 6.92 Å². The fourth-order valence-electron chi connectivity index (χ4n) is 0.521. The average molecular weight is 182 g/mol. The SMILES string of the molecule is CCCCC#CN=NC(C)C(=O)O. The van der Waals surface area contributed by atoms with Gasteiger partial charge in [-0.05, 0) is 13.3 Å². The van der Waals surface area contributed by atoms with Gasteiger partial charge in [-0.15, -0.1) is 5.11 Å². The molecule has 0 rings (SSSR count). The number of carbonyl (C=O) groups is 1. The molecule has 0 aromatic rings. The Morgan fingerprint density at radius 1 is 1.62 bits per heavy atom. The van der Waals surface area contributed by atoms with E-state index in [-0.39, 0.29) is 0 Å². The highest BCUT2D eigenvalue weighted by Gasteiger charge is 2.06. The van der Waals surface area contributed by atoms with Crippen molar-refractivity contribution in [2.45, 2.75) is 39.2 Å². The molecule has 0 saturated carbocycles. The molecule has 0 aliphatic carbocycles. The lowest BCUT2D eigenvalue weighted by Crippen LogP contribution is -2.11. The molecule has 0 heterocycles. The lowest BCUT2D eigenvalue weighted by atomic mass is 10.3. The van der Waals surface area contributed by atoms with E-state index in [4.69, 9.17) is 5.11 Å². The quantitative estimate of drug-likeness (QED) is 0.411. The van der Waals surface area contributed by atoms with Gasteiger partial charge in [0.1, 0.15) is 0 Å². The van der Waals surface area contributed by atoms with Crippen LogP contribution in [0.2, 0.25) is 0 Å². The standard InChI is InChI=1S/C9H14N2O2/c1-3-4-5-6-7-10-11-8(2)9(12)13/h8H,3-5H2,1-2H3,(H,12,13). The molecule has 0 radical (unpaired) electrons. The second kappa shape index (κ2) is 7.29. The van der Waals surface area contributed by atoms with Gasteiger partial charge in [-0.2, -0.15) is 5.11 Å². The highest BCUT2D eigenvalue weighted by atomic mass is 16.4. The number of nitrogens with zero attached hydrogens (tertiary/aromatic N) is 2. The van der Waals surface area contributed by atoms with Gasteiger partial charge in [-0.3, -0.25) is 0 Å². The topological polar surface area (TPSA) is 62.0 Å². The summed E-state index contributed by atoms with van der Waals surface area (Å²) in [5.41, 5.74) is 0. The van der Waals surface area contributed by atoms with Gasteiger partial charge in [0.05, 0.1) is 6.04 Å². The van der Waals surface area contributed by atoms with E-state index in [0.29, 0.717) is 0 Å². The average Bonchev–Trinajstić information content (AvgIpc) is 2.10. The molecule has 72 valence electrons. The number of aliphatic carboxylic acids is 1. The van der Waals surface area contributed by atoms with Gasteiger partial charge in [0.2, 0.25) is 0 Å². The molecule has 0 fully saturated rings. The zero-order valence-corrected chi connectivity index (χ0v) is 7.95. The van der Waals surface area contributed by atoms with Crippen molar-refractivity contribution in [2.75, 3.05) is 0 Å². The molecule has 1 N–H and O–H groups in total. The molecule has 1 unspecified atom stereocenters. The summed E-state index contributed by atoms with van der Waals surface area (Å²) in [7, 11) is 0. The van der Waals surface area contributed by atoms with Crippen LogP contribution in [0.15, 0.2) is 10.2 Å². The number of hydrogen-bond donors (Lipinski definition) is 1. The highest BCUT2D eigenvalue weighted by Crippen LogP contribution is 1.92. The first-order valence-electron chi connectivity index (χ1n) is 4.29. The summed E-state index contributed by atoms with van der Waals surface area (Å²) in [5, 5.41) is 15.3. The first-order chi connectivity index (χ1) is 6.18. The lowest BCUT2D eigenvalue weighted by Gasteiger charge is -1.92. The second-order valence-electron chi connectivity index (χ2n) is 2.62. The minimum Gasteiger partial charge on any atom is -0.480 e. The van der Waals surface area contributed by atoms with Gasteiger partial charge in [-0.25, -0.2) is 4.79 Å². The van der Waals surface area contributed by atoms with Gasteiger partial charge in [0, 0.05) is 6.42 Å². The van der Waals surface area contributed by atoms with Crippen LogP contribution in [0.5, 0.6) is 0 Å². The first kappa shape index (κ1) is 11.6. The summed E-state index contributed by atoms with van der Waals surface area (Å²) in [4.78, 5) is 10.3. The van der Waals surface area contributed by atoms with E-state index in [1.54, 1.807) is 0 Å². The van der Waals surface area contributed by atoms with Crippen LogP contribution in [0, 0.1) is 12.0 Å². The fourth-order valence-corrected chi connectivity index (χ4v) is 0.521. The molecule has 1 atom stereocenters. The Labute approximate surface area is 78.1 Å². The van der Waals surface area contributed by atoms with Crippen LogP contribution < -0.4 is 0 Å². The van der Waals surface area contributed by atoms with Crippen molar-refractivity contribution in [3.05, 3.63) is 0 Å². The number of carboxylic acids is 1. The summed E-state index contributed by atoms with van der Waals surface area (Å²) in [6.45, 7) is 3.54. The normalized spacial score (nSPS) is 12.2. The van der Waals surface area contributed by atoms with Crippen LogP contribution in [-0.2, 0) is 4.79 Å². The van der Waals surface area contributed by atoms with Crippen LogP contribution in [0.4, 0.5) is 0 Å². The summed E-state index contributed by atoms with van der Waals surface area (Å²) < 4.78 is 0. The van der Waals surface area contributed by atoms with Gasteiger partial charge < -0.3 is 5.11 Å². The third-order valence-corrected chi connectivity index (χ3v) is 1.37. The van der Waals surface area contributed by atoms with Crippen LogP contribution in [-0.4, -0.2) is 17.1 Å². The van der Waals surface area contributed by atoms with Gasteiger partial charge in [0.15, 0.2) is 6.04 Å². The first-order valence-corrected chi connectivity index (χ1v) is 4.29. The minimum absolute atomic E-state index is 0.789. The lowest BCUT2D eigenvalue weighted by molar-refractivity contribution is -0.138. The van der Waals surface area contributed by atoms with Crippen LogP contribution in [0.1, 0.15) is 33.1 Å². The summed E-state index contributed by atoms with van der Waals surface area (Å²) in [6, 6.07) is 1.65.